The van der Waals surface area contributed by atoms with E-state index in [1.165, 1.54) is 25.7 Å². The second-order valence-corrected chi connectivity index (χ2v) is 7.44. The summed E-state index contributed by atoms with van der Waals surface area (Å²) in [4.78, 5) is 4.63. The van der Waals surface area contributed by atoms with Crippen molar-refractivity contribution in [2.45, 2.75) is 50.9 Å². The summed E-state index contributed by atoms with van der Waals surface area (Å²) in [6, 6.07) is 3.98. The summed E-state index contributed by atoms with van der Waals surface area (Å²) >= 11 is 6.36. The number of fused-ring (bicyclic) bond motifs is 3. The van der Waals surface area contributed by atoms with Crippen LogP contribution in [0, 0.1) is 24.6 Å². The molecule has 2 saturated carbocycles. The standard InChI is InChI=1S/C17H20ClFN2/c1-9-5-16-14(8-13(9)19)20-17(10(2)18)21(16)15-7-11-3-4-12(15)6-11/h5,8,10-12,15H,3-4,6-7H2,1-2H3. The van der Waals surface area contributed by atoms with Crippen LogP contribution < -0.4 is 0 Å². The average molecular weight is 307 g/mol. The van der Waals surface area contributed by atoms with Gasteiger partial charge in [0.15, 0.2) is 0 Å². The summed E-state index contributed by atoms with van der Waals surface area (Å²) in [5, 5.41) is -0.153. The fourth-order valence-electron chi connectivity index (χ4n) is 4.40. The van der Waals surface area contributed by atoms with E-state index < -0.39 is 0 Å². The smallest absolute Gasteiger partial charge is 0.128 e. The van der Waals surface area contributed by atoms with E-state index >= 15 is 0 Å². The molecule has 0 radical (unpaired) electrons. The van der Waals surface area contributed by atoms with Gasteiger partial charge in [0.25, 0.3) is 0 Å². The van der Waals surface area contributed by atoms with Crippen LogP contribution in [0.5, 0.6) is 0 Å². The van der Waals surface area contributed by atoms with E-state index in [-0.39, 0.29) is 11.2 Å². The molecule has 1 aromatic carbocycles. The van der Waals surface area contributed by atoms with Crippen LogP contribution in [0.15, 0.2) is 12.1 Å². The summed E-state index contributed by atoms with van der Waals surface area (Å²) in [6.07, 6.45) is 5.24. The van der Waals surface area contributed by atoms with Crippen LogP contribution in [0.3, 0.4) is 0 Å². The molecule has 0 N–H and O–H groups in total. The van der Waals surface area contributed by atoms with E-state index in [0.29, 0.717) is 11.6 Å². The highest BCUT2D eigenvalue weighted by Crippen LogP contribution is 2.52. The van der Waals surface area contributed by atoms with Crippen LogP contribution in [0.25, 0.3) is 11.0 Å². The third-order valence-electron chi connectivity index (χ3n) is 5.39. The molecular formula is C17H20ClFN2. The molecule has 0 amide bonds. The monoisotopic (exact) mass is 306 g/mol. The van der Waals surface area contributed by atoms with Crippen molar-refractivity contribution in [3.05, 3.63) is 29.3 Å². The molecule has 2 nitrogen and oxygen atoms in total. The minimum absolute atomic E-state index is 0.153. The number of imidazole rings is 1. The first-order valence-corrected chi connectivity index (χ1v) is 8.30. The van der Waals surface area contributed by atoms with Gasteiger partial charge in [-0.25, -0.2) is 9.37 Å². The van der Waals surface area contributed by atoms with E-state index in [2.05, 4.69) is 9.55 Å². The van der Waals surface area contributed by atoms with Crippen molar-refractivity contribution in [1.29, 1.82) is 0 Å². The summed E-state index contributed by atoms with van der Waals surface area (Å²) in [7, 11) is 0. The quantitative estimate of drug-likeness (QED) is 0.702. The molecule has 0 spiro atoms. The zero-order valence-electron chi connectivity index (χ0n) is 12.4. The van der Waals surface area contributed by atoms with Gasteiger partial charge >= 0.3 is 0 Å². The van der Waals surface area contributed by atoms with Crippen molar-refractivity contribution in [2.24, 2.45) is 11.8 Å². The van der Waals surface area contributed by atoms with Gasteiger partial charge in [-0.3, -0.25) is 0 Å². The lowest BCUT2D eigenvalue weighted by Crippen LogP contribution is -2.18. The maximum Gasteiger partial charge on any atom is 0.128 e. The molecule has 2 aromatic rings. The molecule has 1 aromatic heterocycles. The van der Waals surface area contributed by atoms with E-state index in [1.54, 1.807) is 6.07 Å². The predicted octanol–water partition coefficient (Wildman–Crippen LogP) is 5.14. The molecule has 0 saturated heterocycles. The number of aryl methyl sites for hydroxylation is 1. The first-order chi connectivity index (χ1) is 10.0. The van der Waals surface area contributed by atoms with E-state index in [9.17, 15) is 4.39 Å². The number of halogens is 2. The van der Waals surface area contributed by atoms with Crippen LogP contribution in [-0.4, -0.2) is 9.55 Å². The highest BCUT2D eigenvalue weighted by atomic mass is 35.5. The molecule has 4 unspecified atom stereocenters. The fraction of sp³-hybridized carbons (Fsp3) is 0.588. The first-order valence-electron chi connectivity index (χ1n) is 7.86. The summed E-state index contributed by atoms with van der Waals surface area (Å²) in [6.45, 7) is 3.77. The van der Waals surface area contributed by atoms with Crippen LogP contribution in [0.2, 0.25) is 0 Å². The summed E-state index contributed by atoms with van der Waals surface area (Å²) < 4.78 is 16.2. The first kappa shape index (κ1) is 13.6. The van der Waals surface area contributed by atoms with Crippen molar-refractivity contribution in [2.75, 3.05) is 0 Å². The Morgan fingerprint density at radius 1 is 1.33 bits per heavy atom. The van der Waals surface area contributed by atoms with Gasteiger partial charge in [0, 0.05) is 12.1 Å². The second-order valence-electron chi connectivity index (χ2n) is 6.79. The average Bonchev–Trinajstić information content (AvgIpc) is 3.12. The lowest BCUT2D eigenvalue weighted by Gasteiger charge is -2.26. The zero-order valence-corrected chi connectivity index (χ0v) is 13.2. The Hall–Kier alpha value is -1.09. The van der Waals surface area contributed by atoms with Crippen molar-refractivity contribution >= 4 is 22.6 Å². The van der Waals surface area contributed by atoms with Crippen molar-refractivity contribution in [3.8, 4) is 0 Å². The van der Waals surface area contributed by atoms with Gasteiger partial charge in [-0.05, 0) is 56.6 Å². The third-order valence-corrected chi connectivity index (χ3v) is 5.58. The number of nitrogens with zero attached hydrogens (tertiary/aromatic N) is 2. The van der Waals surface area contributed by atoms with Gasteiger partial charge in [0.05, 0.1) is 16.4 Å². The SMILES string of the molecule is Cc1cc2c(cc1F)nc(C(C)Cl)n2C1CC2CCC1C2. The maximum atomic E-state index is 13.8. The summed E-state index contributed by atoms with van der Waals surface area (Å²) in [5.41, 5.74) is 2.47. The lowest BCUT2D eigenvalue weighted by atomic mass is 9.94. The van der Waals surface area contributed by atoms with Gasteiger partial charge in [0.1, 0.15) is 11.6 Å². The molecule has 112 valence electrons. The fourth-order valence-corrected chi connectivity index (χ4v) is 4.55. The Morgan fingerprint density at radius 3 is 2.76 bits per heavy atom. The number of rotatable bonds is 2. The van der Waals surface area contributed by atoms with Gasteiger partial charge in [0.2, 0.25) is 0 Å². The van der Waals surface area contributed by atoms with Gasteiger partial charge in [-0.2, -0.15) is 0 Å². The molecule has 1 heterocycles. The second kappa shape index (κ2) is 4.70. The van der Waals surface area contributed by atoms with E-state index in [1.807, 2.05) is 19.9 Å². The number of hydrogen-bond acceptors (Lipinski definition) is 1. The molecule has 2 bridgehead atoms. The van der Waals surface area contributed by atoms with E-state index in [4.69, 9.17) is 11.6 Å². The Morgan fingerprint density at radius 2 is 2.14 bits per heavy atom. The highest BCUT2D eigenvalue weighted by Gasteiger charge is 2.42. The Kier molecular flexibility index (Phi) is 3.04. The van der Waals surface area contributed by atoms with Gasteiger partial charge in [-0.15, -0.1) is 11.6 Å². The number of hydrogen-bond donors (Lipinski definition) is 0. The van der Waals surface area contributed by atoms with Gasteiger partial charge in [-0.1, -0.05) is 6.42 Å². The number of alkyl halides is 1. The van der Waals surface area contributed by atoms with Gasteiger partial charge < -0.3 is 4.57 Å². The molecule has 2 aliphatic rings. The molecule has 21 heavy (non-hydrogen) atoms. The highest BCUT2D eigenvalue weighted by molar-refractivity contribution is 6.20. The van der Waals surface area contributed by atoms with Crippen LogP contribution in [0.4, 0.5) is 4.39 Å². The maximum absolute atomic E-state index is 13.8. The Bertz CT molecular complexity index is 706. The minimum atomic E-state index is -0.186. The number of benzene rings is 1. The molecule has 2 aliphatic carbocycles. The Balaban J connectivity index is 1.92. The Labute approximate surface area is 129 Å². The van der Waals surface area contributed by atoms with Crippen LogP contribution >= 0.6 is 11.6 Å². The molecule has 4 heteroatoms. The zero-order chi connectivity index (χ0) is 14.7. The van der Waals surface area contributed by atoms with Crippen LogP contribution in [-0.2, 0) is 0 Å². The predicted molar refractivity (Wildman–Crippen MR) is 83.2 cm³/mol. The molecule has 2 fully saturated rings. The van der Waals surface area contributed by atoms with Crippen molar-refractivity contribution in [1.82, 2.24) is 9.55 Å². The van der Waals surface area contributed by atoms with Crippen LogP contribution in [0.1, 0.15) is 55.4 Å². The molecule has 4 atom stereocenters. The molecule has 0 aliphatic heterocycles. The topological polar surface area (TPSA) is 17.8 Å². The van der Waals surface area contributed by atoms with Crippen molar-refractivity contribution < 1.29 is 4.39 Å². The summed E-state index contributed by atoms with van der Waals surface area (Å²) in [5.74, 6) is 2.31. The largest absolute Gasteiger partial charge is 0.323 e. The number of aromatic nitrogens is 2. The van der Waals surface area contributed by atoms with Crippen molar-refractivity contribution in [3.63, 3.8) is 0 Å². The lowest BCUT2D eigenvalue weighted by molar-refractivity contribution is 0.329. The third kappa shape index (κ3) is 2.01. The molecule has 4 rings (SSSR count). The molecular weight excluding hydrogens is 287 g/mol. The van der Waals surface area contributed by atoms with E-state index in [0.717, 1.165) is 28.7 Å². The minimum Gasteiger partial charge on any atom is -0.323 e. The normalized spacial score (nSPS) is 29.4.